The van der Waals surface area contributed by atoms with E-state index in [0.717, 1.165) is 0 Å². The molecule has 0 aromatic heterocycles. The Hall–Kier alpha value is -2.07. The maximum Gasteiger partial charge on any atom is 0.337 e. The molecule has 6 nitrogen and oxygen atoms in total. The number of benzene rings is 1. The Balaban J connectivity index is 3.34. The lowest BCUT2D eigenvalue weighted by Crippen LogP contribution is -2.01. The van der Waals surface area contributed by atoms with E-state index < -0.39 is 10.3 Å². The number of nitriles is 1. The first-order valence-corrected chi connectivity index (χ1v) is 4.42. The first-order valence-electron chi connectivity index (χ1n) is 3.65. The molecule has 1 aromatic rings. The molecule has 0 fully saturated rings. The molecule has 0 unspecified atom stereocenters. The van der Waals surface area contributed by atoms with Crippen LogP contribution in [0.15, 0.2) is 23.1 Å². The third-order valence-corrected chi connectivity index (χ3v) is 2.30. The topological polar surface area (TPSA) is 104 Å². The van der Waals surface area contributed by atoms with Crippen molar-refractivity contribution in [3.8, 4) is 6.07 Å². The van der Waals surface area contributed by atoms with Crippen LogP contribution in [0.4, 0.5) is 0 Å². The van der Waals surface area contributed by atoms with Gasteiger partial charge in [0.25, 0.3) is 11.9 Å². The van der Waals surface area contributed by atoms with Gasteiger partial charge in [0, 0.05) is 0 Å². The average molecular weight is 224 g/mol. The van der Waals surface area contributed by atoms with Crippen molar-refractivity contribution < 1.29 is 14.2 Å². The van der Waals surface area contributed by atoms with Crippen LogP contribution < -0.4 is 0 Å². The molecular formula is C8H4N2O4S. The summed E-state index contributed by atoms with van der Waals surface area (Å²) in [6.07, 6.45) is 0. The molecule has 0 heterocycles. The minimum absolute atomic E-state index is 0.0170. The fraction of sp³-hybridized carbons (Fsp3) is 0. The first-order chi connectivity index (χ1) is 7.06. The van der Waals surface area contributed by atoms with Gasteiger partial charge in [-0.15, -0.1) is 0 Å². The molecule has 1 aromatic carbocycles. The molecule has 7 heteroatoms. The quantitative estimate of drug-likeness (QED) is 0.474. The fourth-order valence-corrected chi connectivity index (χ4v) is 1.58. The summed E-state index contributed by atoms with van der Waals surface area (Å²) in [6.45, 7) is 0. The predicted octanol–water partition coefficient (Wildman–Crippen LogP) is 1.54. The highest BCUT2D eigenvalue weighted by Crippen LogP contribution is 2.26. The Morgan fingerprint density at radius 1 is 1.60 bits per heavy atom. The van der Waals surface area contributed by atoms with E-state index in [2.05, 4.69) is 0 Å². The van der Waals surface area contributed by atoms with Gasteiger partial charge < -0.3 is 5.11 Å². The summed E-state index contributed by atoms with van der Waals surface area (Å²) in [5.74, 6) is -1.29. The van der Waals surface area contributed by atoms with Crippen LogP contribution in [0.1, 0.15) is 15.9 Å². The van der Waals surface area contributed by atoms with Gasteiger partial charge in [-0.1, -0.05) is 6.07 Å². The van der Waals surface area contributed by atoms with Gasteiger partial charge in [0.05, 0.1) is 11.1 Å². The first kappa shape index (κ1) is 11.0. The summed E-state index contributed by atoms with van der Waals surface area (Å²) in [4.78, 5) is 20.9. The highest BCUT2D eigenvalue weighted by Gasteiger charge is 2.20. The van der Waals surface area contributed by atoms with Crippen molar-refractivity contribution in [2.45, 2.75) is 4.90 Å². The molecule has 1 rings (SSSR count). The number of carboxylic acid groups (broad SMARTS) is 1. The van der Waals surface area contributed by atoms with Crippen molar-refractivity contribution in [2.75, 3.05) is 0 Å². The van der Waals surface area contributed by atoms with Crippen molar-refractivity contribution in [1.29, 1.82) is 5.26 Å². The molecule has 0 aliphatic heterocycles. The van der Waals surface area contributed by atoms with Crippen LogP contribution in [0.25, 0.3) is 0 Å². The van der Waals surface area contributed by atoms with Crippen LogP contribution >= 0.6 is 11.9 Å². The Morgan fingerprint density at radius 3 is 2.73 bits per heavy atom. The zero-order chi connectivity index (χ0) is 11.4. The summed E-state index contributed by atoms with van der Waals surface area (Å²) in [5.41, 5.74) is -0.257. The van der Waals surface area contributed by atoms with E-state index in [0.29, 0.717) is 0 Å². The van der Waals surface area contributed by atoms with Crippen LogP contribution in [-0.4, -0.2) is 15.4 Å². The van der Waals surface area contributed by atoms with Crippen LogP contribution in [0.3, 0.4) is 0 Å². The average Bonchev–Trinajstić information content (AvgIpc) is 2.16. The molecule has 1 N–H and O–H groups in total. The Morgan fingerprint density at radius 2 is 2.27 bits per heavy atom. The van der Waals surface area contributed by atoms with Gasteiger partial charge in [0.15, 0.2) is 0 Å². The number of carbonyl (C=O) groups is 1. The van der Waals surface area contributed by atoms with Gasteiger partial charge in [0.2, 0.25) is 0 Å². The number of aromatic carboxylic acids is 1. The van der Waals surface area contributed by atoms with Crippen molar-refractivity contribution in [3.05, 3.63) is 39.4 Å². The highest BCUT2D eigenvalue weighted by atomic mass is 32.2. The Labute approximate surface area is 88.4 Å². The monoisotopic (exact) mass is 224 g/mol. The molecule has 0 saturated carbocycles. The van der Waals surface area contributed by atoms with E-state index in [9.17, 15) is 14.9 Å². The molecule has 0 amide bonds. The maximum absolute atomic E-state index is 10.7. The van der Waals surface area contributed by atoms with Gasteiger partial charge >= 0.3 is 5.97 Å². The summed E-state index contributed by atoms with van der Waals surface area (Å²) >= 11 is 0.123. The molecule has 0 bridgehead atoms. The molecule has 0 atom stereocenters. The molecule has 76 valence electrons. The lowest BCUT2D eigenvalue weighted by Gasteiger charge is -2.00. The van der Waals surface area contributed by atoms with Gasteiger partial charge in [-0.25, -0.2) is 4.79 Å². The smallest absolute Gasteiger partial charge is 0.337 e. The lowest BCUT2D eigenvalue weighted by molar-refractivity contribution is -0.284. The van der Waals surface area contributed by atoms with Gasteiger partial charge in [0.1, 0.15) is 15.3 Å². The minimum Gasteiger partial charge on any atom is -0.478 e. The van der Waals surface area contributed by atoms with Gasteiger partial charge in [-0.05, 0) is 12.1 Å². The second-order valence-corrected chi connectivity index (χ2v) is 3.30. The second-order valence-electron chi connectivity index (χ2n) is 2.41. The van der Waals surface area contributed by atoms with Crippen LogP contribution in [0.2, 0.25) is 0 Å². The van der Waals surface area contributed by atoms with Gasteiger partial charge in [-0.3, -0.25) is 10.1 Å². The van der Waals surface area contributed by atoms with E-state index in [-0.39, 0.29) is 28.0 Å². The number of rotatable bonds is 3. The summed E-state index contributed by atoms with van der Waals surface area (Å²) < 4.78 is -0.747. The number of nitrogens with zero attached hydrogens (tertiary/aromatic N) is 2. The lowest BCUT2D eigenvalue weighted by atomic mass is 10.1. The van der Waals surface area contributed by atoms with Crippen molar-refractivity contribution in [3.63, 3.8) is 0 Å². The molecule has 0 saturated heterocycles. The van der Waals surface area contributed by atoms with Crippen LogP contribution in [-0.2, 0) is 0 Å². The van der Waals surface area contributed by atoms with E-state index >= 15 is 0 Å². The number of hydrogen-bond donors (Lipinski definition) is 1. The Bertz CT molecular complexity index is 466. The SMILES string of the molecule is N#Cc1cccc(C(=O)O)c1S[N+](=O)[O-]. The minimum atomic E-state index is -1.29. The third-order valence-electron chi connectivity index (χ3n) is 1.53. The zero-order valence-corrected chi connectivity index (χ0v) is 8.02. The van der Waals surface area contributed by atoms with Gasteiger partial charge in [-0.2, -0.15) is 5.26 Å². The number of hydrogen-bond acceptors (Lipinski definition) is 5. The van der Waals surface area contributed by atoms with E-state index in [1.165, 1.54) is 18.2 Å². The molecule has 0 aliphatic rings. The van der Waals surface area contributed by atoms with Crippen molar-refractivity contribution in [2.24, 2.45) is 0 Å². The van der Waals surface area contributed by atoms with Crippen LogP contribution in [0.5, 0.6) is 0 Å². The number of carboxylic acids is 1. The summed E-state index contributed by atoms with van der Waals surface area (Å²) in [7, 11) is 0. The molecule has 0 radical (unpaired) electrons. The normalized spacial score (nSPS) is 9.27. The standard InChI is InChI=1S/C8H4N2O4S/c9-4-5-2-1-3-6(8(11)12)7(5)15-10(13)14/h1-3H,(H,11,12). The van der Waals surface area contributed by atoms with Crippen molar-refractivity contribution in [1.82, 2.24) is 0 Å². The molecular weight excluding hydrogens is 220 g/mol. The molecule has 15 heavy (non-hydrogen) atoms. The predicted molar refractivity (Wildman–Crippen MR) is 51.0 cm³/mol. The van der Waals surface area contributed by atoms with E-state index in [4.69, 9.17) is 10.4 Å². The summed E-state index contributed by atoms with van der Waals surface area (Å²) in [5, 5.41) is 27.7. The van der Waals surface area contributed by atoms with E-state index in [1.807, 2.05) is 0 Å². The fourth-order valence-electron chi connectivity index (χ4n) is 0.966. The largest absolute Gasteiger partial charge is 0.478 e. The second kappa shape index (κ2) is 4.43. The third kappa shape index (κ3) is 2.45. The maximum atomic E-state index is 10.7. The van der Waals surface area contributed by atoms with Crippen LogP contribution in [0, 0.1) is 21.4 Å². The number of nitro groups is 1. The molecule has 0 aliphatic carbocycles. The summed E-state index contributed by atoms with van der Waals surface area (Å²) in [6, 6.07) is 5.62. The van der Waals surface area contributed by atoms with Crippen molar-refractivity contribution >= 4 is 17.9 Å². The Kier molecular flexibility index (Phi) is 3.25. The van der Waals surface area contributed by atoms with E-state index in [1.54, 1.807) is 6.07 Å². The zero-order valence-electron chi connectivity index (χ0n) is 7.21. The highest BCUT2D eigenvalue weighted by molar-refractivity contribution is 7.93. The molecule has 0 spiro atoms.